The molecule has 2 saturated heterocycles. The third-order valence-electron chi connectivity index (χ3n) is 4.74. The van der Waals surface area contributed by atoms with Crippen molar-refractivity contribution in [2.24, 2.45) is 0 Å². The Balaban J connectivity index is 1.46. The molecule has 0 bridgehead atoms. The fourth-order valence-corrected chi connectivity index (χ4v) is 4.42. The average molecular weight is 450 g/mol. The van der Waals surface area contributed by atoms with Crippen molar-refractivity contribution in [2.75, 3.05) is 52.5 Å². The fourth-order valence-electron chi connectivity index (χ4n) is 3.17. The van der Waals surface area contributed by atoms with Gasteiger partial charge >= 0.3 is 0 Å². The normalized spacial score (nSPS) is 18.8. The highest BCUT2D eigenvalue weighted by molar-refractivity contribution is 8.26. The summed E-state index contributed by atoms with van der Waals surface area (Å²) >= 11 is 6.53. The average Bonchev–Trinajstić information content (AvgIpc) is 3.01. The smallest absolute Gasteiger partial charge is 0.266 e. The minimum Gasteiger partial charge on any atom is -0.494 e. The number of thioether (sulfide) groups is 1. The molecule has 0 aliphatic carbocycles. The maximum absolute atomic E-state index is 12.7. The van der Waals surface area contributed by atoms with Crippen molar-refractivity contribution in [3.8, 4) is 5.75 Å². The maximum atomic E-state index is 12.7. The summed E-state index contributed by atoms with van der Waals surface area (Å²) in [7, 11) is 0. The first kappa shape index (κ1) is 22.7. The van der Waals surface area contributed by atoms with Gasteiger partial charge in [-0.3, -0.25) is 19.4 Å². The van der Waals surface area contributed by atoms with Crippen LogP contribution in [-0.2, 0) is 14.3 Å². The molecule has 2 fully saturated rings. The predicted octanol–water partition coefficient (Wildman–Crippen LogP) is 2.12. The van der Waals surface area contributed by atoms with Gasteiger partial charge in [-0.1, -0.05) is 36.1 Å². The van der Waals surface area contributed by atoms with Crippen LogP contribution in [0.3, 0.4) is 0 Å². The highest BCUT2D eigenvalue weighted by Gasteiger charge is 2.33. The first-order chi connectivity index (χ1) is 14.6. The van der Waals surface area contributed by atoms with Crippen molar-refractivity contribution < 1.29 is 19.1 Å². The molecule has 2 aliphatic heterocycles. The first-order valence-electron chi connectivity index (χ1n) is 10.1. The van der Waals surface area contributed by atoms with E-state index in [0.29, 0.717) is 22.4 Å². The third kappa shape index (κ3) is 6.53. The summed E-state index contributed by atoms with van der Waals surface area (Å²) in [5.41, 5.74) is 0.881. The number of amides is 2. The molecular weight excluding hydrogens is 422 g/mol. The van der Waals surface area contributed by atoms with Gasteiger partial charge in [0.2, 0.25) is 5.91 Å². The predicted molar refractivity (Wildman–Crippen MR) is 122 cm³/mol. The van der Waals surface area contributed by atoms with E-state index in [1.807, 2.05) is 31.2 Å². The quantitative estimate of drug-likeness (QED) is 0.352. The monoisotopic (exact) mass is 449 g/mol. The molecule has 3 rings (SSSR count). The first-order valence-corrected chi connectivity index (χ1v) is 11.3. The van der Waals surface area contributed by atoms with Crippen LogP contribution in [0.5, 0.6) is 5.75 Å². The zero-order chi connectivity index (χ0) is 21.3. The van der Waals surface area contributed by atoms with Gasteiger partial charge in [-0.05, 0) is 43.7 Å². The lowest BCUT2D eigenvalue weighted by Gasteiger charge is -2.26. The highest BCUT2D eigenvalue weighted by Crippen LogP contribution is 2.32. The summed E-state index contributed by atoms with van der Waals surface area (Å²) in [6.45, 7) is 7.39. The second-order valence-electron chi connectivity index (χ2n) is 6.93. The molecule has 2 aliphatic rings. The summed E-state index contributed by atoms with van der Waals surface area (Å²) < 4.78 is 11.2. The summed E-state index contributed by atoms with van der Waals surface area (Å²) in [6, 6.07) is 7.50. The maximum Gasteiger partial charge on any atom is 0.266 e. The number of benzene rings is 1. The Morgan fingerprint density at radius 2 is 2.03 bits per heavy atom. The minimum atomic E-state index is -0.234. The van der Waals surface area contributed by atoms with Crippen LogP contribution in [0.25, 0.3) is 6.08 Å². The van der Waals surface area contributed by atoms with Crippen LogP contribution in [0, 0.1) is 0 Å². The molecule has 1 N–H and O–H groups in total. The zero-order valence-corrected chi connectivity index (χ0v) is 18.7. The number of morpholine rings is 1. The molecule has 7 nitrogen and oxygen atoms in total. The van der Waals surface area contributed by atoms with Gasteiger partial charge in [0.1, 0.15) is 16.6 Å². The number of thiocarbonyl (C=S) groups is 1. The fraction of sp³-hybridized carbons (Fsp3) is 0.476. The summed E-state index contributed by atoms with van der Waals surface area (Å²) in [4.78, 5) is 29.2. The minimum absolute atomic E-state index is 0.0527. The van der Waals surface area contributed by atoms with Gasteiger partial charge in [-0.15, -0.1) is 0 Å². The SMILES string of the molecule is CCOc1ccc(/C=C2\SC(=S)N(CC(=O)NCCCN3CCOCC3)C2=O)cc1. The van der Waals surface area contributed by atoms with Gasteiger partial charge in [0.05, 0.1) is 24.7 Å². The van der Waals surface area contributed by atoms with Crippen LogP contribution >= 0.6 is 24.0 Å². The van der Waals surface area contributed by atoms with E-state index in [1.54, 1.807) is 6.08 Å². The lowest BCUT2D eigenvalue weighted by Crippen LogP contribution is -2.41. The number of ether oxygens (including phenoxy) is 2. The molecule has 0 unspecified atom stereocenters. The lowest BCUT2D eigenvalue weighted by molar-refractivity contribution is -0.128. The Labute approximate surface area is 186 Å². The van der Waals surface area contributed by atoms with Gasteiger partial charge in [0, 0.05) is 19.6 Å². The number of nitrogens with zero attached hydrogens (tertiary/aromatic N) is 2. The zero-order valence-electron chi connectivity index (χ0n) is 17.1. The van der Waals surface area contributed by atoms with Gasteiger partial charge in [-0.25, -0.2) is 0 Å². The Hall–Kier alpha value is -1.94. The molecule has 0 saturated carbocycles. The summed E-state index contributed by atoms with van der Waals surface area (Å²) in [6.07, 6.45) is 2.65. The Morgan fingerprint density at radius 1 is 1.30 bits per heavy atom. The van der Waals surface area contributed by atoms with Crippen LogP contribution in [-0.4, -0.2) is 78.5 Å². The topological polar surface area (TPSA) is 71.1 Å². The highest BCUT2D eigenvalue weighted by atomic mass is 32.2. The van der Waals surface area contributed by atoms with Crippen molar-refractivity contribution in [3.63, 3.8) is 0 Å². The van der Waals surface area contributed by atoms with E-state index in [0.717, 1.165) is 50.6 Å². The van der Waals surface area contributed by atoms with Gasteiger partial charge in [0.25, 0.3) is 5.91 Å². The van der Waals surface area contributed by atoms with Gasteiger partial charge in [0.15, 0.2) is 0 Å². The van der Waals surface area contributed by atoms with Crippen LogP contribution in [0.2, 0.25) is 0 Å². The second-order valence-corrected chi connectivity index (χ2v) is 8.60. The second kappa shape index (κ2) is 11.5. The molecule has 162 valence electrons. The van der Waals surface area contributed by atoms with E-state index in [4.69, 9.17) is 21.7 Å². The summed E-state index contributed by atoms with van der Waals surface area (Å²) in [5, 5.41) is 2.88. The molecule has 0 spiro atoms. The van der Waals surface area contributed by atoms with Crippen molar-refractivity contribution in [1.82, 2.24) is 15.1 Å². The van der Waals surface area contributed by atoms with Gasteiger partial charge < -0.3 is 14.8 Å². The largest absolute Gasteiger partial charge is 0.494 e. The standard InChI is InChI=1S/C21H27N3O4S2/c1-2-28-17-6-4-16(5-7-17)14-18-20(26)24(21(29)30-18)15-19(25)22-8-3-9-23-10-12-27-13-11-23/h4-7,14H,2-3,8-13,15H2,1H3,(H,22,25)/b18-14-. The van der Waals surface area contributed by atoms with Crippen LogP contribution in [0.1, 0.15) is 18.9 Å². The van der Waals surface area contributed by atoms with Gasteiger partial charge in [-0.2, -0.15) is 0 Å². The van der Waals surface area contributed by atoms with E-state index < -0.39 is 0 Å². The molecular formula is C21H27N3O4S2. The van der Waals surface area contributed by atoms with Crippen molar-refractivity contribution >= 4 is 46.2 Å². The van der Waals surface area contributed by atoms with Crippen LogP contribution in [0.4, 0.5) is 0 Å². The molecule has 2 heterocycles. The molecule has 0 atom stereocenters. The number of hydrogen-bond donors (Lipinski definition) is 1. The lowest BCUT2D eigenvalue weighted by atomic mass is 10.2. The number of nitrogens with one attached hydrogen (secondary N) is 1. The van der Waals surface area contributed by atoms with Crippen molar-refractivity contribution in [1.29, 1.82) is 0 Å². The molecule has 2 amide bonds. The molecule has 1 aromatic rings. The molecule has 30 heavy (non-hydrogen) atoms. The molecule has 1 aromatic carbocycles. The summed E-state index contributed by atoms with van der Waals surface area (Å²) in [5.74, 6) is 0.352. The van der Waals surface area contributed by atoms with Crippen molar-refractivity contribution in [2.45, 2.75) is 13.3 Å². The Morgan fingerprint density at radius 3 is 2.73 bits per heavy atom. The molecule has 0 aromatic heterocycles. The Bertz CT molecular complexity index is 792. The molecule has 9 heteroatoms. The van der Waals surface area contributed by atoms with Crippen LogP contribution < -0.4 is 10.1 Å². The van der Waals surface area contributed by atoms with Crippen molar-refractivity contribution in [3.05, 3.63) is 34.7 Å². The third-order valence-corrected chi connectivity index (χ3v) is 6.12. The van der Waals surface area contributed by atoms with E-state index in [1.165, 1.54) is 16.7 Å². The Kier molecular flexibility index (Phi) is 8.68. The molecule has 0 radical (unpaired) electrons. The van der Waals surface area contributed by atoms with E-state index in [-0.39, 0.29) is 18.4 Å². The number of carbonyl (C=O) groups is 2. The van der Waals surface area contributed by atoms with E-state index in [9.17, 15) is 9.59 Å². The van der Waals surface area contributed by atoms with E-state index in [2.05, 4.69) is 10.2 Å². The number of hydrogen-bond acceptors (Lipinski definition) is 7. The van der Waals surface area contributed by atoms with E-state index >= 15 is 0 Å². The number of rotatable bonds is 9. The number of carbonyl (C=O) groups excluding carboxylic acids is 2. The van der Waals surface area contributed by atoms with Crippen LogP contribution in [0.15, 0.2) is 29.2 Å².